The van der Waals surface area contributed by atoms with Crippen LogP contribution in [0.4, 0.5) is 0 Å². The lowest BCUT2D eigenvalue weighted by molar-refractivity contribution is -0.141. The maximum Gasteiger partial charge on any atom is 0.331 e. The standard InChI is InChI=1S/C11H20N2O6S/c1-6(2)20(19)5-8(11(17)18)13-9(14)4-3-7(12)10(15)16/h6-8H,3-5,12H2,1-2H3,(H,13,14)(H,15,16)(H,17,18). The number of rotatable bonds is 9. The fraction of sp³-hybridized carbons (Fsp3) is 0.727. The van der Waals surface area contributed by atoms with E-state index in [1.54, 1.807) is 13.8 Å². The molecule has 0 spiro atoms. The average Bonchev–Trinajstić information content (AvgIpc) is 2.34. The van der Waals surface area contributed by atoms with Crippen molar-refractivity contribution in [3.63, 3.8) is 0 Å². The maximum absolute atomic E-state index is 11.6. The molecule has 0 rings (SSSR count). The van der Waals surface area contributed by atoms with Gasteiger partial charge in [-0.1, -0.05) is 0 Å². The zero-order valence-electron chi connectivity index (χ0n) is 11.4. The summed E-state index contributed by atoms with van der Waals surface area (Å²) in [5.74, 6) is -3.33. The summed E-state index contributed by atoms with van der Waals surface area (Å²) in [7, 11) is 0. The smallest absolute Gasteiger partial charge is 0.331 e. The summed E-state index contributed by atoms with van der Waals surface area (Å²) in [6, 6.07) is -2.43. The zero-order chi connectivity index (χ0) is 15.9. The van der Waals surface area contributed by atoms with E-state index in [1.807, 2.05) is 0 Å². The largest absolute Gasteiger partial charge is 0.616 e. The Labute approximate surface area is 119 Å². The number of carboxylic acid groups (broad SMARTS) is 2. The van der Waals surface area contributed by atoms with Crippen LogP contribution in [0, 0.1) is 0 Å². The molecule has 0 aliphatic carbocycles. The van der Waals surface area contributed by atoms with Gasteiger partial charge in [0.15, 0.2) is 6.04 Å². The van der Waals surface area contributed by atoms with E-state index in [0.717, 1.165) is 0 Å². The van der Waals surface area contributed by atoms with Crippen molar-refractivity contribution in [2.45, 2.75) is 44.0 Å². The highest BCUT2D eigenvalue weighted by molar-refractivity contribution is 7.92. The van der Waals surface area contributed by atoms with Crippen LogP contribution in [-0.2, 0) is 25.6 Å². The molecule has 0 radical (unpaired) electrons. The first-order valence-electron chi connectivity index (χ1n) is 6.02. The lowest BCUT2D eigenvalue weighted by atomic mass is 10.1. The molecule has 1 amide bonds. The van der Waals surface area contributed by atoms with Gasteiger partial charge in [-0.15, -0.1) is 0 Å². The molecule has 8 nitrogen and oxygen atoms in total. The summed E-state index contributed by atoms with van der Waals surface area (Å²) in [4.78, 5) is 33.0. The minimum absolute atomic E-state index is 0.0965. The molecule has 0 aromatic rings. The minimum Gasteiger partial charge on any atom is -0.616 e. The summed E-state index contributed by atoms with van der Waals surface area (Å²) in [6.45, 7) is 3.37. The summed E-state index contributed by atoms with van der Waals surface area (Å²) in [5, 5.41) is 19.5. The van der Waals surface area contributed by atoms with Crippen LogP contribution in [0.2, 0.25) is 0 Å². The molecule has 5 N–H and O–H groups in total. The predicted octanol–water partition coefficient (Wildman–Crippen LogP) is -1.09. The highest BCUT2D eigenvalue weighted by atomic mass is 32.2. The number of hydrogen-bond acceptors (Lipinski definition) is 5. The van der Waals surface area contributed by atoms with Crippen molar-refractivity contribution >= 4 is 29.0 Å². The quantitative estimate of drug-likeness (QED) is 0.394. The number of carbonyl (C=O) groups excluding carboxylic acids is 1. The average molecular weight is 308 g/mol. The van der Waals surface area contributed by atoms with Crippen LogP contribution < -0.4 is 11.1 Å². The van der Waals surface area contributed by atoms with E-state index < -0.39 is 41.1 Å². The normalized spacial score (nSPS) is 15.4. The van der Waals surface area contributed by atoms with Crippen molar-refractivity contribution < 1.29 is 29.1 Å². The summed E-state index contributed by atoms with van der Waals surface area (Å²) < 4.78 is 11.6. The highest BCUT2D eigenvalue weighted by Gasteiger charge is 2.27. The molecular weight excluding hydrogens is 288 g/mol. The molecule has 0 aliphatic heterocycles. The number of aliphatic carboxylic acids is 2. The molecule has 0 heterocycles. The van der Waals surface area contributed by atoms with E-state index in [4.69, 9.17) is 15.9 Å². The number of nitrogens with one attached hydrogen (secondary N) is 1. The van der Waals surface area contributed by atoms with Gasteiger partial charge < -0.3 is 25.8 Å². The molecule has 3 unspecified atom stereocenters. The van der Waals surface area contributed by atoms with Gasteiger partial charge in [0.25, 0.3) is 0 Å². The maximum atomic E-state index is 11.6. The van der Waals surface area contributed by atoms with E-state index in [2.05, 4.69) is 5.32 Å². The van der Waals surface area contributed by atoms with E-state index in [0.29, 0.717) is 0 Å². The summed E-state index contributed by atoms with van der Waals surface area (Å²) >= 11 is -1.37. The molecule has 0 aliphatic rings. The van der Waals surface area contributed by atoms with E-state index >= 15 is 0 Å². The Hall–Kier alpha value is -1.32. The summed E-state index contributed by atoms with van der Waals surface area (Å²) in [5.41, 5.74) is 5.23. The van der Waals surface area contributed by atoms with Crippen molar-refractivity contribution in [3.8, 4) is 0 Å². The first kappa shape index (κ1) is 18.7. The Morgan fingerprint density at radius 1 is 1.25 bits per heavy atom. The SMILES string of the molecule is CC(C)[S+]([O-])CC(NC(=O)CCC(N)C(=O)O)C(=O)O. The van der Waals surface area contributed by atoms with Crippen LogP contribution >= 0.6 is 0 Å². The Morgan fingerprint density at radius 2 is 1.80 bits per heavy atom. The van der Waals surface area contributed by atoms with Crippen LogP contribution in [0.15, 0.2) is 0 Å². The van der Waals surface area contributed by atoms with Crippen LogP contribution in [0.3, 0.4) is 0 Å². The van der Waals surface area contributed by atoms with Gasteiger partial charge >= 0.3 is 11.9 Å². The molecule has 116 valence electrons. The second kappa shape index (κ2) is 8.77. The van der Waals surface area contributed by atoms with Crippen molar-refractivity contribution in [2.24, 2.45) is 5.73 Å². The van der Waals surface area contributed by atoms with Crippen molar-refractivity contribution in [2.75, 3.05) is 5.75 Å². The fourth-order valence-corrected chi connectivity index (χ4v) is 2.15. The number of carboxylic acids is 2. The van der Waals surface area contributed by atoms with Gasteiger partial charge in [0.2, 0.25) is 5.91 Å². The fourth-order valence-electron chi connectivity index (χ4n) is 1.21. The third-order valence-electron chi connectivity index (χ3n) is 2.49. The van der Waals surface area contributed by atoms with Crippen molar-refractivity contribution in [3.05, 3.63) is 0 Å². The number of amides is 1. The number of carbonyl (C=O) groups is 3. The predicted molar refractivity (Wildman–Crippen MR) is 72.6 cm³/mol. The molecule has 0 saturated heterocycles. The monoisotopic (exact) mass is 308 g/mol. The molecule has 0 bridgehead atoms. The zero-order valence-corrected chi connectivity index (χ0v) is 12.2. The first-order valence-corrected chi connectivity index (χ1v) is 7.41. The van der Waals surface area contributed by atoms with E-state index in [1.165, 1.54) is 0 Å². The van der Waals surface area contributed by atoms with E-state index in [9.17, 15) is 18.9 Å². The second-order valence-corrected chi connectivity index (χ2v) is 6.58. The molecule has 9 heteroatoms. The first-order chi connectivity index (χ1) is 9.15. The highest BCUT2D eigenvalue weighted by Crippen LogP contribution is 2.04. The van der Waals surface area contributed by atoms with Gasteiger partial charge in [0.1, 0.15) is 17.0 Å². The minimum atomic E-state index is -1.37. The molecular formula is C11H20N2O6S. The molecule has 3 atom stereocenters. The molecule has 0 saturated carbocycles. The van der Waals surface area contributed by atoms with Crippen LogP contribution in [0.25, 0.3) is 0 Å². The van der Waals surface area contributed by atoms with Gasteiger partial charge in [-0.3, -0.25) is 9.59 Å². The van der Waals surface area contributed by atoms with Gasteiger partial charge in [-0.05, 0) is 31.4 Å². The Morgan fingerprint density at radius 3 is 2.20 bits per heavy atom. The van der Waals surface area contributed by atoms with Crippen molar-refractivity contribution in [1.29, 1.82) is 0 Å². The van der Waals surface area contributed by atoms with Gasteiger partial charge in [0, 0.05) is 6.42 Å². The third-order valence-corrected chi connectivity index (χ3v) is 4.20. The van der Waals surface area contributed by atoms with Crippen molar-refractivity contribution in [1.82, 2.24) is 5.32 Å². The number of hydrogen-bond donors (Lipinski definition) is 4. The Balaban J connectivity index is 4.35. The van der Waals surface area contributed by atoms with Gasteiger partial charge in [-0.25, -0.2) is 4.79 Å². The third kappa shape index (κ3) is 7.31. The van der Waals surface area contributed by atoms with Crippen LogP contribution in [0.5, 0.6) is 0 Å². The molecule has 20 heavy (non-hydrogen) atoms. The van der Waals surface area contributed by atoms with Crippen LogP contribution in [0.1, 0.15) is 26.7 Å². The Bertz CT molecular complexity index is 363. The number of nitrogens with two attached hydrogens (primary N) is 1. The van der Waals surface area contributed by atoms with Gasteiger partial charge in [0.05, 0.1) is 0 Å². The second-order valence-electron chi connectivity index (χ2n) is 4.54. The topological polar surface area (TPSA) is 153 Å². The van der Waals surface area contributed by atoms with Crippen LogP contribution in [-0.4, -0.2) is 55.7 Å². The van der Waals surface area contributed by atoms with Gasteiger partial charge in [-0.2, -0.15) is 0 Å². The lowest BCUT2D eigenvalue weighted by Crippen LogP contribution is -2.46. The Kier molecular flexibility index (Phi) is 8.19. The molecule has 0 fully saturated rings. The molecule has 0 aromatic heterocycles. The summed E-state index contributed by atoms with van der Waals surface area (Å²) in [6.07, 6.45) is -0.299. The lowest BCUT2D eigenvalue weighted by Gasteiger charge is -2.20. The molecule has 0 aromatic carbocycles. The van der Waals surface area contributed by atoms with E-state index in [-0.39, 0.29) is 23.8 Å².